The molecule has 8 fully saturated rings. The molecule has 1 heterocycles. The Balaban J connectivity index is 1.00. The first-order chi connectivity index (χ1) is 27.3. The number of aromatic nitrogens is 1. The smallest absolute Gasteiger partial charge is 0.127 e. The van der Waals surface area contributed by atoms with Gasteiger partial charge >= 0.3 is 0 Å². The van der Waals surface area contributed by atoms with Crippen molar-refractivity contribution in [3.8, 4) is 56.3 Å². The fourth-order valence-corrected chi connectivity index (χ4v) is 17.0. The molecule has 8 aliphatic carbocycles. The van der Waals surface area contributed by atoms with Crippen LogP contribution in [0.25, 0.3) is 44.8 Å². The minimum atomic E-state index is -0.339. The molecular weight excluding hydrogens is 721 g/mol. The van der Waals surface area contributed by atoms with E-state index in [2.05, 4.69) is 41.5 Å². The second kappa shape index (κ2) is 11.2. The molecule has 0 radical (unpaired) electrons. The van der Waals surface area contributed by atoms with Crippen LogP contribution in [0.15, 0.2) is 91.0 Å². The number of halogens is 2. The monoisotopic (exact) mass is 775 g/mol. The summed E-state index contributed by atoms with van der Waals surface area (Å²) in [5.74, 6) is -0.326. The predicted molar refractivity (Wildman–Crippen MR) is 227 cm³/mol. The Morgan fingerprint density at radius 3 is 1.28 bits per heavy atom. The molecular formula is C53H55F2NO2. The highest BCUT2D eigenvalue weighted by molar-refractivity contribution is 5.89. The van der Waals surface area contributed by atoms with E-state index in [0.717, 1.165) is 78.3 Å². The molecule has 2 atom stereocenters. The zero-order chi connectivity index (χ0) is 40.5. The van der Waals surface area contributed by atoms with E-state index in [4.69, 9.17) is 4.98 Å². The summed E-state index contributed by atoms with van der Waals surface area (Å²) < 4.78 is 32.0. The lowest BCUT2D eigenvalue weighted by atomic mass is 9.35. The van der Waals surface area contributed by atoms with Gasteiger partial charge in [-0.3, -0.25) is 0 Å². The van der Waals surface area contributed by atoms with Gasteiger partial charge in [-0.15, -0.1) is 0 Å². The number of phenols is 2. The molecule has 0 aliphatic heterocycles. The maximum Gasteiger partial charge on any atom is 0.127 e. The molecule has 8 bridgehead atoms. The Labute approximate surface area is 342 Å². The molecule has 8 saturated carbocycles. The van der Waals surface area contributed by atoms with Gasteiger partial charge in [-0.25, -0.2) is 13.8 Å². The zero-order valence-electron chi connectivity index (χ0n) is 34.8. The van der Waals surface area contributed by atoms with E-state index in [1.54, 1.807) is 12.1 Å². The van der Waals surface area contributed by atoms with E-state index in [0.29, 0.717) is 22.5 Å². The third-order valence-corrected chi connectivity index (χ3v) is 17.4. The summed E-state index contributed by atoms with van der Waals surface area (Å²) in [5.41, 5.74) is 7.20. The number of aromatic hydroxyl groups is 2. The van der Waals surface area contributed by atoms with E-state index in [1.807, 2.05) is 66.7 Å². The Bertz CT molecular complexity index is 2540. The number of pyridine rings is 1. The van der Waals surface area contributed by atoms with Crippen molar-refractivity contribution in [2.45, 2.75) is 117 Å². The van der Waals surface area contributed by atoms with Crippen LogP contribution >= 0.6 is 0 Å². The number of rotatable bonds is 6. The van der Waals surface area contributed by atoms with Crippen LogP contribution in [0.5, 0.6) is 11.5 Å². The molecule has 5 heteroatoms. The third-order valence-electron chi connectivity index (χ3n) is 17.4. The van der Waals surface area contributed by atoms with Gasteiger partial charge in [-0.05, 0) is 144 Å². The molecule has 1 aromatic heterocycles. The van der Waals surface area contributed by atoms with Crippen molar-refractivity contribution in [3.63, 3.8) is 0 Å². The highest BCUT2D eigenvalue weighted by Crippen LogP contribution is 2.87. The van der Waals surface area contributed by atoms with Gasteiger partial charge in [0.05, 0.1) is 11.4 Å². The number of hydrogen-bond donors (Lipinski definition) is 2. The van der Waals surface area contributed by atoms with Crippen molar-refractivity contribution in [1.82, 2.24) is 4.98 Å². The zero-order valence-corrected chi connectivity index (χ0v) is 34.8. The van der Waals surface area contributed by atoms with Gasteiger partial charge in [0.2, 0.25) is 0 Å². The van der Waals surface area contributed by atoms with Gasteiger partial charge in [0.1, 0.15) is 23.1 Å². The summed E-state index contributed by atoms with van der Waals surface area (Å²) in [6, 6.07) is 27.7. The molecule has 8 aliphatic rings. The van der Waals surface area contributed by atoms with Crippen molar-refractivity contribution in [3.05, 3.63) is 114 Å². The van der Waals surface area contributed by atoms with Gasteiger partial charge < -0.3 is 10.2 Å². The minimum Gasteiger partial charge on any atom is -0.507 e. The molecule has 4 aromatic carbocycles. The van der Waals surface area contributed by atoms with E-state index >= 15 is 8.78 Å². The fraction of sp³-hybridized carbons (Fsp3) is 0.453. The lowest BCUT2D eigenvalue weighted by Crippen LogP contribution is -2.60. The fourth-order valence-electron chi connectivity index (χ4n) is 17.0. The summed E-state index contributed by atoms with van der Waals surface area (Å²) in [6.45, 7) is 14.4. The van der Waals surface area contributed by atoms with Crippen LogP contribution in [-0.2, 0) is 10.8 Å². The first kappa shape index (κ1) is 36.6. The number of benzene rings is 4. The molecule has 2 N–H and O–H groups in total. The molecule has 0 saturated heterocycles. The number of nitrogens with zero attached hydrogens (tertiary/aromatic N) is 1. The Hall–Kier alpha value is -4.51. The average molecular weight is 776 g/mol. The first-order valence-corrected chi connectivity index (χ1v) is 21.6. The van der Waals surface area contributed by atoms with Crippen LogP contribution in [0, 0.1) is 44.1 Å². The Morgan fingerprint density at radius 1 is 0.431 bits per heavy atom. The average Bonchev–Trinajstić information content (AvgIpc) is 3.69. The quantitative estimate of drug-likeness (QED) is 0.181. The maximum absolute atomic E-state index is 16.0. The van der Waals surface area contributed by atoms with Crippen LogP contribution in [0.3, 0.4) is 0 Å². The number of phenolic OH excluding ortho intramolecular Hbond substituents is 2. The summed E-state index contributed by atoms with van der Waals surface area (Å²) in [5, 5.41) is 24.6. The van der Waals surface area contributed by atoms with Gasteiger partial charge in [0.15, 0.2) is 0 Å². The van der Waals surface area contributed by atoms with Gasteiger partial charge in [-0.1, -0.05) is 96.1 Å². The molecule has 0 spiro atoms. The van der Waals surface area contributed by atoms with Crippen molar-refractivity contribution in [1.29, 1.82) is 0 Å². The normalized spacial score (nSPS) is 37.7. The van der Waals surface area contributed by atoms with Crippen molar-refractivity contribution in [2.75, 3.05) is 0 Å². The molecule has 2 unspecified atom stereocenters. The number of hydrogen-bond acceptors (Lipinski definition) is 3. The Kier molecular flexibility index (Phi) is 7.06. The maximum atomic E-state index is 16.0. The topological polar surface area (TPSA) is 53.4 Å². The third kappa shape index (κ3) is 4.79. The van der Waals surface area contributed by atoms with Gasteiger partial charge in [0.25, 0.3) is 0 Å². The van der Waals surface area contributed by atoms with Crippen molar-refractivity contribution in [2.24, 2.45) is 32.5 Å². The largest absolute Gasteiger partial charge is 0.507 e. The van der Waals surface area contributed by atoms with E-state index in [-0.39, 0.29) is 66.5 Å². The molecule has 13 rings (SSSR count). The standard InChI is InChI=1S/C53H55F2NO2/c1-46-22-47(2)24-48(3,23-46)27-52(25-46,26-47)40-20-32(54)18-38(44(40)57)34-12-7-9-14-36(34)42-16-11-17-43(56-42)37-15-10-8-13-35(37)39-19-33(55)21-41(45(39)58)53-30-49(4)28-51(53,6)29-50(49,5)31-53/h7-21,57-58H,22-31H2,1-6H3. The van der Waals surface area contributed by atoms with Crippen LogP contribution in [0.2, 0.25) is 0 Å². The van der Waals surface area contributed by atoms with Crippen LogP contribution in [0.1, 0.15) is 117 Å². The summed E-state index contributed by atoms with van der Waals surface area (Å²) in [4.78, 5) is 5.23. The molecule has 5 aromatic rings. The van der Waals surface area contributed by atoms with Gasteiger partial charge in [-0.2, -0.15) is 0 Å². The lowest BCUT2D eigenvalue weighted by Gasteiger charge is -2.69. The second-order valence-corrected chi connectivity index (χ2v) is 22.4. The second-order valence-electron chi connectivity index (χ2n) is 22.4. The molecule has 0 amide bonds. The SMILES string of the molecule is CC12CC3(C)CC(C)(C1)CC(c1cc(F)cc(-c4ccccc4-c4cccc(-c5ccccc5-c5cc(F)cc(C67CC8(C)CC6(C)CC8(C)C7)c5O)n4)c1O)(C2)C3. The van der Waals surface area contributed by atoms with E-state index < -0.39 is 0 Å². The van der Waals surface area contributed by atoms with E-state index in [1.165, 1.54) is 31.4 Å². The first-order valence-electron chi connectivity index (χ1n) is 21.6. The summed E-state index contributed by atoms with van der Waals surface area (Å²) >= 11 is 0. The van der Waals surface area contributed by atoms with Crippen molar-refractivity contribution < 1.29 is 19.0 Å². The van der Waals surface area contributed by atoms with Crippen LogP contribution in [0.4, 0.5) is 8.78 Å². The highest BCUT2D eigenvalue weighted by atomic mass is 19.1. The molecule has 58 heavy (non-hydrogen) atoms. The molecule has 3 nitrogen and oxygen atoms in total. The van der Waals surface area contributed by atoms with Crippen LogP contribution in [-0.4, -0.2) is 15.2 Å². The van der Waals surface area contributed by atoms with Crippen LogP contribution < -0.4 is 0 Å². The summed E-state index contributed by atoms with van der Waals surface area (Å²) in [6.07, 6.45) is 10.6. The van der Waals surface area contributed by atoms with Crippen molar-refractivity contribution >= 4 is 0 Å². The predicted octanol–water partition coefficient (Wildman–Crippen LogP) is 13.9. The lowest BCUT2D eigenvalue weighted by molar-refractivity contribution is -0.152. The highest BCUT2D eigenvalue weighted by Gasteiger charge is 2.79. The Morgan fingerprint density at radius 2 is 0.845 bits per heavy atom. The minimum absolute atomic E-state index is 0.0163. The van der Waals surface area contributed by atoms with Gasteiger partial charge in [0, 0.05) is 44.2 Å². The molecule has 298 valence electrons. The van der Waals surface area contributed by atoms with E-state index in [9.17, 15) is 10.2 Å². The summed E-state index contributed by atoms with van der Waals surface area (Å²) in [7, 11) is 0.